The molecule has 0 saturated carbocycles. The lowest BCUT2D eigenvalue weighted by atomic mass is 9.95. The Morgan fingerprint density at radius 1 is 1.44 bits per heavy atom. The maximum Gasteiger partial charge on any atom is 0.325 e. The number of carboxylic acid groups (broad SMARTS) is 1. The average molecular weight is 279 g/mol. The molecule has 0 amide bonds. The molecule has 1 fully saturated rings. The number of ether oxygens (including phenoxy) is 1. The highest BCUT2D eigenvalue weighted by molar-refractivity contribution is 7.89. The van der Waals surface area contributed by atoms with Crippen molar-refractivity contribution in [2.45, 2.75) is 38.6 Å². The van der Waals surface area contributed by atoms with Gasteiger partial charge in [-0.25, -0.2) is 8.42 Å². The standard InChI is InChI=1S/C11H21NO5S/c1-3-11(10(13)14)6-5-7-12(11)18(15,16)9-8-17-4-2/h3-9H2,1-2H3,(H,13,14). The zero-order valence-electron chi connectivity index (χ0n) is 10.9. The Bertz CT molecular complexity index is 394. The van der Waals surface area contributed by atoms with E-state index >= 15 is 0 Å². The van der Waals surface area contributed by atoms with Crippen LogP contribution in [-0.4, -0.2) is 54.8 Å². The molecule has 7 heteroatoms. The second-order valence-electron chi connectivity index (χ2n) is 4.38. The Morgan fingerprint density at radius 3 is 2.61 bits per heavy atom. The van der Waals surface area contributed by atoms with Crippen LogP contribution in [0, 0.1) is 0 Å². The first kappa shape index (κ1) is 15.4. The summed E-state index contributed by atoms with van der Waals surface area (Å²) in [6.07, 6.45) is 1.26. The highest BCUT2D eigenvalue weighted by Crippen LogP contribution is 2.35. The minimum absolute atomic E-state index is 0.106. The smallest absolute Gasteiger partial charge is 0.325 e. The molecule has 1 rings (SSSR count). The molecule has 18 heavy (non-hydrogen) atoms. The lowest BCUT2D eigenvalue weighted by molar-refractivity contribution is -0.147. The van der Waals surface area contributed by atoms with Crippen LogP contribution in [0.4, 0.5) is 0 Å². The van der Waals surface area contributed by atoms with Gasteiger partial charge in [0.15, 0.2) is 0 Å². The summed E-state index contributed by atoms with van der Waals surface area (Å²) in [7, 11) is -3.57. The van der Waals surface area contributed by atoms with Crippen molar-refractivity contribution in [1.29, 1.82) is 0 Å². The number of aliphatic carboxylic acids is 1. The predicted molar refractivity (Wildman–Crippen MR) is 66.9 cm³/mol. The van der Waals surface area contributed by atoms with E-state index in [9.17, 15) is 18.3 Å². The number of carboxylic acids is 1. The highest BCUT2D eigenvalue weighted by Gasteiger charge is 2.51. The lowest BCUT2D eigenvalue weighted by Crippen LogP contribution is -2.53. The molecule has 0 aliphatic carbocycles. The van der Waals surface area contributed by atoms with E-state index in [-0.39, 0.29) is 25.3 Å². The monoisotopic (exact) mass is 279 g/mol. The zero-order chi connectivity index (χ0) is 13.8. The Balaban J connectivity index is 2.89. The van der Waals surface area contributed by atoms with E-state index in [0.717, 1.165) is 4.31 Å². The fourth-order valence-corrected chi connectivity index (χ4v) is 4.18. The van der Waals surface area contributed by atoms with Crippen LogP contribution in [0.25, 0.3) is 0 Å². The van der Waals surface area contributed by atoms with Crippen LogP contribution in [0.3, 0.4) is 0 Å². The summed E-state index contributed by atoms with van der Waals surface area (Å²) in [5, 5.41) is 9.33. The molecule has 6 nitrogen and oxygen atoms in total. The van der Waals surface area contributed by atoms with E-state index in [1.165, 1.54) is 0 Å². The topological polar surface area (TPSA) is 83.9 Å². The number of nitrogens with zero attached hydrogens (tertiary/aromatic N) is 1. The second-order valence-corrected chi connectivity index (χ2v) is 6.39. The van der Waals surface area contributed by atoms with Gasteiger partial charge >= 0.3 is 5.97 Å². The summed E-state index contributed by atoms with van der Waals surface area (Å²) < 4.78 is 30.5. The molecule has 0 aromatic rings. The maximum atomic E-state index is 12.2. The van der Waals surface area contributed by atoms with Crippen molar-refractivity contribution in [2.75, 3.05) is 25.5 Å². The number of hydrogen-bond donors (Lipinski definition) is 1. The molecule has 106 valence electrons. The number of carbonyl (C=O) groups is 1. The van der Waals surface area contributed by atoms with E-state index in [4.69, 9.17) is 4.74 Å². The Hall–Kier alpha value is -0.660. The molecule has 0 aromatic carbocycles. The van der Waals surface area contributed by atoms with Gasteiger partial charge in [0.05, 0.1) is 12.4 Å². The minimum Gasteiger partial charge on any atom is -0.480 e. The molecule has 0 bridgehead atoms. The first-order valence-corrected chi connectivity index (χ1v) is 7.83. The summed E-state index contributed by atoms with van der Waals surface area (Å²) in [4.78, 5) is 11.4. The normalized spacial score (nSPS) is 25.4. The molecule has 0 radical (unpaired) electrons. The van der Waals surface area contributed by atoms with Crippen molar-refractivity contribution in [1.82, 2.24) is 4.31 Å². The highest BCUT2D eigenvalue weighted by atomic mass is 32.2. The van der Waals surface area contributed by atoms with Crippen molar-refractivity contribution in [2.24, 2.45) is 0 Å². The quantitative estimate of drug-likeness (QED) is 0.693. The number of sulfonamides is 1. The molecular weight excluding hydrogens is 258 g/mol. The molecular formula is C11H21NO5S. The molecule has 0 spiro atoms. The van der Waals surface area contributed by atoms with E-state index in [1.807, 2.05) is 0 Å². The van der Waals surface area contributed by atoms with Gasteiger partial charge in [0.25, 0.3) is 0 Å². The zero-order valence-corrected chi connectivity index (χ0v) is 11.7. The Labute approximate surface area is 108 Å². The van der Waals surface area contributed by atoms with Crippen LogP contribution in [0.1, 0.15) is 33.1 Å². The van der Waals surface area contributed by atoms with Crippen LogP contribution in [-0.2, 0) is 19.6 Å². The molecule has 1 aliphatic rings. The van der Waals surface area contributed by atoms with Gasteiger partial charge < -0.3 is 9.84 Å². The fourth-order valence-electron chi connectivity index (χ4n) is 2.40. The minimum atomic E-state index is -3.57. The first-order chi connectivity index (χ1) is 8.40. The maximum absolute atomic E-state index is 12.2. The molecule has 1 N–H and O–H groups in total. The van der Waals surface area contributed by atoms with Crippen molar-refractivity contribution >= 4 is 16.0 Å². The largest absolute Gasteiger partial charge is 0.480 e. The molecule has 1 aliphatic heterocycles. The summed E-state index contributed by atoms with van der Waals surface area (Å²) in [6, 6.07) is 0. The molecule has 1 saturated heterocycles. The van der Waals surface area contributed by atoms with E-state index < -0.39 is 21.5 Å². The van der Waals surface area contributed by atoms with Crippen molar-refractivity contribution in [3.8, 4) is 0 Å². The van der Waals surface area contributed by atoms with Crippen LogP contribution in [0.2, 0.25) is 0 Å². The van der Waals surface area contributed by atoms with Gasteiger partial charge in [-0.15, -0.1) is 0 Å². The Kier molecular flexibility index (Phi) is 5.12. The van der Waals surface area contributed by atoms with Gasteiger partial charge in [0.2, 0.25) is 10.0 Å². The van der Waals surface area contributed by atoms with Crippen LogP contribution in [0.5, 0.6) is 0 Å². The van der Waals surface area contributed by atoms with Crippen LogP contribution in [0.15, 0.2) is 0 Å². The summed E-state index contributed by atoms with van der Waals surface area (Å²) in [5.41, 5.74) is -1.26. The number of hydrogen-bond acceptors (Lipinski definition) is 4. The average Bonchev–Trinajstić information content (AvgIpc) is 2.74. The van der Waals surface area contributed by atoms with Gasteiger partial charge in [-0.1, -0.05) is 6.92 Å². The lowest BCUT2D eigenvalue weighted by Gasteiger charge is -2.32. The van der Waals surface area contributed by atoms with Crippen molar-refractivity contribution in [3.05, 3.63) is 0 Å². The Morgan fingerprint density at radius 2 is 2.11 bits per heavy atom. The fraction of sp³-hybridized carbons (Fsp3) is 0.909. The van der Waals surface area contributed by atoms with Crippen molar-refractivity contribution in [3.63, 3.8) is 0 Å². The molecule has 1 atom stereocenters. The summed E-state index contributed by atoms with van der Waals surface area (Å²) in [6.45, 7) is 4.34. The van der Waals surface area contributed by atoms with E-state index in [1.54, 1.807) is 13.8 Å². The predicted octanol–water partition coefficient (Wildman–Crippen LogP) is 0.682. The van der Waals surface area contributed by atoms with E-state index in [2.05, 4.69) is 0 Å². The third kappa shape index (κ3) is 2.84. The van der Waals surface area contributed by atoms with Gasteiger partial charge in [0.1, 0.15) is 5.54 Å². The first-order valence-electron chi connectivity index (χ1n) is 6.22. The number of rotatable bonds is 7. The third-order valence-corrected chi connectivity index (χ3v) is 5.32. The molecule has 1 heterocycles. The third-order valence-electron chi connectivity index (χ3n) is 3.44. The molecule has 0 aromatic heterocycles. The van der Waals surface area contributed by atoms with Gasteiger partial charge in [-0.3, -0.25) is 4.79 Å². The van der Waals surface area contributed by atoms with Gasteiger partial charge in [0, 0.05) is 13.2 Å². The van der Waals surface area contributed by atoms with Gasteiger partial charge in [-0.2, -0.15) is 4.31 Å². The summed E-state index contributed by atoms with van der Waals surface area (Å²) in [5.74, 6) is -1.21. The molecule has 1 unspecified atom stereocenters. The van der Waals surface area contributed by atoms with Crippen molar-refractivity contribution < 1.29 is 23.1 Å². The van der Waals surface area contributed by atoms with Crippen LogP contribution >= 0.6 is 0 Å². The summed E-state index contributed by atoms with van der Waals surface area (Å²) >= 11 is 0. The van der Waals surface area contributed by atoms with Gasteiger partial charge in [-0.05, 0) is 26.2 Å². The SMILES string of the molecule is CCOCCS(=O)(=O)N1CCCC1(CC)C(=O)O. The van der Waals surface area contributed by atoms with Crippen LogP contribution < -0.4 is 0 Å². The van der Waals surface area contributed by atoms with E-state index in [0.29, 0.717) is 19.4 Å². The second kappa shape index (κ2) is 5.99.